The van der Waals surface area contributed by atoms with E-state index in [9.17, 15) is 0 Å². The van der Waals surface area contributed by atoms with Crippen molar-refractivity contribution in [2.75, 3.05) is 39.3 Å². The highest BCUT2D eigenvalue weighted by molar-refractivity contribution is 6.30. The Bertz CT molecular complexity index is 442. The maximum absolute atomic E-state index is 6.02. The molecule has 1 aromatic carbocycles. The van der Waals surface area contributed by atoms with Gasteiger partial charge >= 0.3 is 0 Å². The van der Waals surface area contributed by atoms with Crippen molar-refractivity contribution in [1.29, 1.82) is 0 Å². The van der Waals surface area contributed by atoms with E-state index in [0.717, 1.165) is 30.6 Å². The molecular weight excluding hydrogens is 282 g/mol. The summed E-state index contributed by atoms with van der Waals surface area (Å²) in [6, 6.07) is 9.69. The number of piperazine rings is 1. The van der Waals surface area contributed by atoms with Crippen LogP contribution in [0.1, 0.15) is 31.4 Å². The van der Waals surface area contributed by atoms with E-state index in [1.54, 1.807) is 0 Å². The van der Waals surface area contributed by atoms with Crippen LogP contribution in [0.4, 0.5) is 0 Å². The van der Waals surface area contributed by atoms with Gasteiger partial charge in [-0.25, -0.2) is 0 Å². The number of benzene rings is 1. The summed E-state index contributed by atoms with van der Waals surface area (Å²) in [6.45, 7) is 9.41. The Kier molecular flexibility index (Phi) is 5.17. The molecule has 2 atom stereocenters. The van der Waals surface area contributed by atoms with Crippen molar-refractivity contribution >= 4 is 11.6 Å². The maximum atomic E-state index is 6.02. The third-order valence-electron chi connectivity index (χ3n) is 4.95. The van der Waals surface area contributed by atoms with Gasteiger partial charge in [0.1, 0.15) is 0 Å². The van der Waals surface area contributed by atoms with Gasteiger partial charge in [-0.1, -0.05) is 30.7 Å². The molecule has 0 aromatic heterocycles. The van der Waals surface area contributed by atoms with E-state index in [0.29, 0.717) is 6.04 Å². The molecule has 0 saturated carbocycles. The molecule has 3 rings (SSSR count). The Morgan fingerprint density at radius 3 is 2.57 bits per heavy atom. The minimum atomic E-state index is 0.537. The summed E-state index contributed by atoms with van der Waals surface area (Å²) in [5.74, 6) is 0. The molecule has 0 amide bonds. The van der Waals surface area contributed by atoms with Crippen molar-refractivity contribution in [3.63, 3.8) is 0 Å². The Morgan fingerprint density at radius 1 is 1.19 bits per heavy atom. The van der Waals surface area contributed by atoms with Gasteiger partial charge in [-0.3, -0.25) is 9.80 Å². The van der Waals surface area contributed by atoms with Gasteiger partial charge in [-0.05, 0) is 30.5 Å². The molecule has 4 heteroatoms. The standard InChI is InChI=1S/C17H26ClN3/c1-2-17(14-3-5-15(18)6-4-14)21-10-7-16(13-21)20-11-8-19-9-12-20/h3-6,16-17,19H,2,7-13H2,1H3. The Morgan fingerprint density at radius 2 is 1.90 bits per heavy atom. The van der Waals surface area contributed by atoms with Crippen molar-refractivity contribution in [3.05, 3.63) is 34.9 Å². The van der Waals surface area contributed by atoms with Gasteiger partial charge in [-0.15, -0.1) is 0 Å². The van der Waals surface area contributed by atoms with Crippen molar-refractivity contribution in [2.45, 2.75) is 31.8 Å². The highest BCUT2D eigenvalue weighted by atomic mass is 35.5. The van der Waals surface area contributed by atoms with Crippen LogP contribution in [0.5, 0.6) is 0 Å². The van der Waals surface area contributed by atoms with Crippen molar-refractivity contribution in [1.82, 2.24) is 15.1 Å². The lowest BCUT2D eigenvalue weighted by Gasteiger charge is -2.34. The van der Waals surface area contributed by atoms with Gasteiger partial charge in [0.25, 0.3) is 0 Å². The lowest BCUT2D eigenvalue weighted by atomic mass is 10.0. The van der Waals surface area contributed by atoms with E-state index in [-0.39, 0.29) is 0 Å². The molecule has 2 saturated heterocycles. The van der Waals surface area contributed by atoms with Crippen LogP contribution in [-0.4, -0.2) is 55.1 Å². The van der Waals surface area contributed by atoms with E-state index in [4.69, 9.17) is 11.6 Å². The van der Waals surface area contributed by atoms with Crippen LogP contribution in [-0.2, 0) is 0 Å². The van der Waals surface area contributed by atoms with Crippen LogP contribution < -0.4 is 5.32 Å². The molecule has 1 N–H and O–H groups in total. The van der Waals surface area contributed by atoms with E-state index in [1.807, 2.05) is 12.1 Å². The molecule has 2 aliphatic heterocycles. The van der Waals surface area contributed by atoms with Gasteiger partial charge in [-0.2, -0.15) is 0 Å². The second-order valence-corrected chi connectivity index (χ2v) is 6.64. The third kappa shape index (κ3) is 3.59. The van der Waals surface area contributed by atoms with Crippen molar-refractivity contribution in [3.8, 4) is 0 Å². The summed E-state index contributed by atoms with van der Waals surface area (Å²) in [6.07, 6.45) is 2.47. The monoisotopic (exact) mass is 307 g/mol. The second-order valence-electron chi connectivity index (χ2n) is 6.20. The Hall–Kier alpha value is -0.610. The summed E-state index contributed by atoms with van der Waals surface area (Å²) in [4.78, 5) is 5.33. The zero-order valence-corrected chi connectivity index (χ0v) is 13.6. The number of likely N-dealkylation sites (tertiary alicyclic amines) is 1. The Balaban J connectivity index is 1.64. The molecule has 0 radical (unpaired) electrons. The molecule has 2 heterocycles. The van der Waals surface area contributed by atoms with Crippen LogP contribution in [0.25, 0.3) is 0 Å². The van der Waals surface area contributed by atoms with Gasteiger partial charge in [0.2, 0.25) is 0 Å². The molecule has 0 bridgehead atoms. The fourth-order valence-electron chi connectivity index (χ4n) is 3.79. The first-order valence-corrected chi connectivity index (χ1v) is 8.60. The minimum Gasteiger partial charge on any atom is -0.314 e. The molecule has 0 aliphatic carbocycles. The first-order valence-electron chi connectivity index (χ1n) is 8.22. The lowest BCUT2D eigenvalue weighted by molar-refractivity contribution is 0.158. The molecule has 116 valence electrons. The molecule has 0 spiro atoms. The average Bonchev–Trinajstić information content (AvgIpc) is 3.00. The quantitative estimate of drug-likeness (QED) is 0.923. The smallest absolute Gasteiger partial charge is 0.0406 e. The highest BCUT2D eigenvalue weighted by Crippen LogP contribution is 2.30. The first-order chi connectivity index (χ1) is 10.3. The van der Waals surface area contributed by atoms with Gasteiger partial charge in [0, 0.05) is 56.4 Å². The van der Waals surface area contributed by atoms with Crippen LogP contribution >= 0.6 is 11.6 Å². The van der Waals surface area contributed by atoms with Gasteiger partial charge < -0.3 is 5.32 Å². The molecule has 21 heavy (non-hydrogen) atoms. The molecule has 2 aliphatic rings. The normalized spacial score (nSPS) is 26.1. The van der Waals surface area contributed by atoms with Crippen molar-refractivity contribution < 1.29 is 0 Å². The predicted octanol–water partition coefficient (Wildman–Crippen LogP) is 2.77. The number of rotatable bonds is 4. The van der Waals surface area contributed by atoms with Crippen LogP contribution in [0.3, 0.4) is 0 Å². The largest absolute Gasteiger partial charge is 0.314 e. The van der Waals surface area contributed by atoms with Crippen molar-refractivity contribution in [2.24, 2.45) is 0 Å². The summed E-state index contributed by atoms with van der Waals surface area (Å²) in [5, 5.41) is 4.27. The number of nitrogens with zero attached hydrogens (tertiary/aromatic N) is 2. The zero-order valence-electron chi connectivity index (χ0n) is 12.9. The zero-order chi connectivity index (χ0) is 14.7. The summed E-state index contributed by atoms with van der Waals surface area (Å²) >= 11 is 6.02. The number of hydrogen-bond acceptors (Lipinski definition) is 3. The summed E-state index contributed by atoms with van der Waals surface area (Å²) < 4.78 is 0. The number of hydrogen-bond donors (Lipinski definition) is 1. The summed E-state index contributed by atoms with van der Waals surface area (Å²) in [7, 11) is 0. The number of halogens is 1. The lowest BCUT2D eigenvalue weighted by Crippen LogP contribution is -2.49. The predicted molar refractivity (Wildman–Crippen MR) is 88.9 cm³/mol. The molecular formula is C17H26ClN3. The fraction of sp³-hybridized carbons (Fsp3) is 0.647. The van der Waals surface area contributed by atoms with Crippen LogP contribution in [0, 0.1) is 0 Å². The van der Waals surface area contributed by atoms with E-state index in [1.165, 1.54) is 38.2 Å². The SMILES string of the molecule is CCC(c1ccc(Cl)cc1)N1CCC(N2CCNCC2)C1. The maximum Gasteiger partial charge on any atom is 0.0406 e. The average molecular weight is 308 g/mol. The highest BCUT2D eigenvalue weighted by Gasteiger charge is 2.31. The first kappa shape index (κ1) is 15.3. The molecule has 3 nitrogen and oxygen atoms in total. The third-order valence-corrected chi connectivity index (χ3v) is 5.20. The topological polar surface area (TPSA) is 18.5 Å². The Labute approximate surface area is 133 Å². The van der Waals surface area contributed by atoms with E-state index < -0.39 is 0 Å². The van der Waals surface area contributed by atoms with Crippen LogP contribution in [0.15, 0.2) is 24.3 Å². The number of nitrogens with one attached hydrogen (secondary N) is 1. The van der Waals surface area contributed by atoms with E-state index in [2.05, 4.69) is 34.2 Å². The van der Waals surface area contributed by atoms with Gasteiger partial charge in [0.05, 0.1) is 0 Å². The van der Waals surface area contributed by atoms with Crippen LogP contribution in [0.2, 0.25) is 5.02 Å². The second kappa shape index (κ2) is 7.10. The van der Waals surface area contributed by atoms with E-state index >= 15 is 0 Å². The minimum absolute atomic E-state index is 0.537. The molecule has 2 unspecified atom stereocenters. The molecule has 1 aromatic rings. The van der Waals surface area contributed by atoms with Gasteiger partial charge in [0.15, 0.2) is 0 Å². The fourth-order valence-corrected chi connectivity index (χ4v) is 3.91. The summed E-state index contributed by atoms with van der Waals surface area (Å²) in [5.41, 5.74) is 1.41. The molecule has 2 fully saturated rings.